The van der Waals surface area contributed by atoms with Gasteiger partial charge in [0.25, 0.3) is 0 Å². The zero-order chi connectivity index (χ0) is 17.1. The van der Waals surface area contributed by atoms with Crippen molar-refractivity contribution in [3.63, 3.8) is 0 Å². The van der Waals surface area contributed by atoms with Gasteiger partial charge < -0.3 is 14.6 Å². The van der Waals surface area contributed by atoms with Gasteiger partial charge in [-0.1, -0.05) is 28.9 Å². The molecule has 0 saturated heterocycles. The van der Waals surface area contributed by atoms with Crippen molar-refractivity contribution in [3.05, 3.63) is 64.5 Å². The zero-order valence-electron chi connectivity index (χ0n) is 13.7. The molecule has 1 aliphatic heterocycles. The van der Waals surface area contributed by atoms with Crippen LogP contribution in [0.1, 0.15) is 17.0 Å². The lowest BCUT2D eigenvalue weighted by molar-refractivity contribution is 0.357. The van der Waals surface area contributed by atoms with Crippen LogP contribution in [0.4, 0.5) is 0 Å². The van der Waals surface area contributed by atoms with Gasteiger partial charge in [0.1, 0.15) is 5.75 Å². The van der Waals surface area contributed by atoms with E-state index in [-0.39, 0.29) is 0 Å². The first-order valence-corrected chi connectivity index (χ1v) is 8.69. The third-order valence-electron chi connectivity index (χ3n) is 4.17. The minimum atomic E-state index is 0.588. The molecule has 0 bridgehead atoms. The van der Waals surface area contributed by atoms with E-state index >= 15 is 0 Å². The second-order valence-corrected chi connectivity index (χ2v) is 6.42. The third-order valence-corrected chi connectivity index (χ3v) is 4.42. The van der Waals surface area contributed by atoms with Gasteiger partial charge in [-0.3, -0.25) is 0 Å². The molecule has 128 valence electrons. The Bertz CT molecular complexity index is 861. The summed E-state index contributed by atoms with van der Waals surface area (Å²) >= 11 is 5.89. The topological polar surface area (TPSA) is 60.2 Å². The van der Waals surface area contributed by atoms with Crippen molar-refractivity contribution >= 4 is 11.6 Å². The van der Waals surface area contributed by atoms with Crippen LogP contribution >= 0.6 is 11.6 Å². The van der Waals surface area contributed by atoms with Gasteiger partial charge in [-0.05, 0) is 41.5 Å². The fraction of sp³-hybridized carbons (Fsp3) is 0.263. The summed E-state index contributed by atoms with van der Waals surface area (Å²) in [5.41, 5.74) is 3.45. The molecule has 0 saturated carbocycles. The second-order valence-electron chi connectivity index (χ2n) is 5.99. The summed E-state index contributed by atoms with van der Waals surface area (Å²) in [5, 5.41) is 8.12. The van der Waals surface area contributed by atoms with Crippen molar-refractivity contribution in [3.8, 4) is 17.1 Å². The highest BCUT2D eigenvalue weighted by Crippen LogP contribution is 2.25. The Morgan fingerprint density at radius 1 is 1.12 bits per heavy atom. The van der Waals surface area contributed by atoms with Crippen molar-refractivity contribution in [1.29, 1.82) is 0 Å². The lowest BCUT2D eigenvalue weighted by Gasteiger charge is -2.05. The van der Waals surface area contributed by atoms with E-state index in [1.54, 1.807) is 0 Å². The number of nitrogens with one attached hydrogen (secondary N) is 1. The highest BCUT2D eigenvalue weighted by Gasteiger charge is 2.12. The van der Waals surface area contributed by atoms with Crippen LogP contribution in [0, 0.1) is 0 Å². The van der Waals surface area contributed by atoms with Gasteiger partial charge in [0.2, 0.25) is 11.7 Å². The molecule has 0 spiro atoms. The quantitative estimate of drug-likeness (QED) is 0.684. The Kier molecular flexibility index (Phi) is 4.68. The van der Waals surface area contributed by atoms with Crippen LogP contribution in [0.15, 0.2) is 47.0 Å². The smallest absolute Gasteiger partial charge is 0.228 e. The van der Waals surface area contributed by atoms with Crippen LogP contribution in [0.2, 0.25) is 5.02 Å². The lowest BCUT2D eigenvalue weighted by atomic mass is 10.1. The molecule has 0 aliphatic carbocycles. The highest BCUT2D eigenvalue weighted by atomic mass is 35.5. The van der Waals surface area contributed by atoms with Gasteiger partial charge in [-0.25, -0.2) is 0 Å². The zero-order valence-corrected chi connectivity index (χ0v) is 14.4. The first kappa shape index (κ1) is 16.1. The molecular weight excluding hydrogens is 338 g/mol. The van der Waals surface area contributed by atoms with Crippen LogP contribution in [-0.2, 0) is 19.4 Å². The summed E-state index contributed by atoms with van der Waals surface area (Å²) in [7, 11) is 0. The molecule has 6 heteroatoms. The average molecular weight is 356 g/mol. The van der Waals surface area contributed by atoms with Crippen LogP contribution in [0.3, 0.4) is 0 Å². The van der Waals surface area contributed by atoms with E-state index in [9.17, 15) is 0 Å². The molecule has 1 N–H and O–H groups in total. The molecule has 1 aliphatic rings. The largest absolute Gasteiger partial charge is 0.493 e. The van der Waals surface area contributed by atoms with Crippen LogP contribution in [-0.4, -0.2) is 23.3 Å². The number of halogens is 1. The summed E-state index contributed by atoms with van der Waals surface area (Å²) < 4.78 is 10.8. The summed E-state index contributed by atoms with van der Waals surface area (Å²) in [6, 6.07) is 13.8. The Hall–Kier alpha value is -2.37. The van der Waals surface area contributed by atoms with Crippen LogP contribution in [0.25, 0.3) is 11.4 Å². The molecular formula is C19H18ClN3O2. The molecule has 5 nitrogen and oxygen atoms in total. The van der Waals surface area contributed by atoms with E-state index in [0.29, 0.717) is 23.2 Å². The number of rotatable bonds is 6. The molecule has 0 radical (unpaired) electrons. The second kappa shape index (κ2) is 7.25. The summed E-state index contributed by atoms with van der Waals surface area (Å²) in [6.07, 6.45) is 1.69. The first-order valence-electron chi connectivity index (χ1n) is 8.32. The molecule has 0 unspecified atom stereocenters. The predicted octanol–water partition coefficient (Wildman–Crippen LogP) is 3.66. The van der Waals surface area contributed by atoms with Crippen molar-refractivity contribution in [2.24, 2.45) is 0 Å². The van der Waals surface area contributed by atoms with Crippen LogP contribution < -0.4 is 10.1 Å². The summed E-state index contributed by atoms with van der Waals surface area (Å²) in [5.74, 6) is 2.23. The van der Waals surface area contributed by atoms with Crippen molar-refractivity contribution in [1.82, 2.24) is 15.5 Å². The number of aromatic nitrogens is 2. The van der Waals surface area contributed by atoms with Gasteiger partial charge in [-0.15, -0.1) is 0 Å². The number of nitrogens with zero attached hydrogens (tertiary/aromatic N) is 2. The Labute approximate surface area is 151 Å². The Balaban J connectivity index is 1.28. The molecule has 0 atom stereocenters. The predicted molar refractivity (Wildman–Crippen MR) is 95.8 cm³/mol. The molecule has 0 fully saturated rings. The fourth-order valence-corrected chi connectivity index (χ4v) is 2.98. The van der Waals surface area contributed by atoms with Crippen molar-refractivity contribution in [2.75, 3.05) is 13.2 Å². The van der Waals surface area contributed by atoms with E-state index in [0.717, 1.165) is 37.4 Å². The Morgan fingerprint density at radius 3 is 2.88 bits per heavy atom. The third kappa shape index (κ3) is 3.83. The van der Waals surface area contributed by atoms with E-state index in [4.69, 9.17) is 20.9 Å². The monoisotopic (exact) mass is 355 g/mol. The summed E-state index contributed by atoms with van der Waals surface area (Å²) in [6.45, 7) is 2.38. The van der Waals surface area contributed by atoms with E-state index < -0.39 is 0 Å². The minimum absolute atomic E-state index is 0.588. The van der Waals surface area contributed by atoms with E-state index in [1.807, 2.05) is 24.3 Å². The number of benzene rings is 2. The van der Waals surface area contributed by atoms with Gasteiger partial charge in [0, 0.05) is 36.5 Å². The van der Waals surface area contributed by atoms with Crippen LogP contribution in [0.5, 0.6) is 5.75 Å². The highest BCUT2D eigenvalue weighted by molar-refractivity contribution is 6.30. The summed E-state index contributed by atoms with van der Waals surface area (Å²) in [4.78, 5) is 4.42. The maximum Gasteiger partial charge on any atom is 0.228 e. The van der Waals surface area contributed by atoms with Gasteiger partial charge in [0.15, 0.2) is 0 Å². The molecule has 2 heterocycles. The average Bonchev–Trinajstić information content (AvgIpc) is 3.28. The molecule has 0 amide bonds. The fourth-order valence-electron chi connectivity index (χ4n) is 2.85. The number of hydrogen-bond donors (Lipinski definition) is 1. The number of fused-ring (bicyclic) bond motifs is 1. The maximum absolute atomic E-state index is 5.89. The van der Waals surface area contributed by atoms with Gasteiger partial charge >= 0.3 is 0 Å². The molecule has 25 heavy (non-hydrogen) atoms. The van der Waals surface area contributed by atoms with Gasteiger partial charge in [-0.2, -0.15) is 4.98 Å². The van der Waals surface area contributed by atoms with E-state index in [1.165, 1.54) is 11.1 Å². The molecule has 1 aromatic heterocycles. The molecule has 4 rings (SSSR count). The standard InChI is InChI=1S/C19H18ClN3O2/c20-16-4-2-14(3-5-16)19-22-18(25-23-19)7-9-21-12-13-1-6-17-15(11-13)8-10-24-17/h1-6,11,21H,7-10,12H2. The van der Waals surface area contributed by atoms with Gasteiger partial charge in [0.05, 0.1) is 6.61 Å². The van der Waals surface area contributed by atoms with Crippen molar-refractivity contribution in [2.45, 2.75) is 19.4 Å². The minimum Gasteiger partial charge on any atom is -0.493 e. The molecule has 3 aromatic rings. The molecule has 2 aromatic carbocycles. The normalized spacial score (nSPS) is 12.8. The Morgan fingerprint density at radius 2 is 2.00 bits per heavy atom. The SMILES string of the molecule is Clc1ccc(-c2noc(CCNCc3ccc4c(c3)CCO4)n2)cc1. The first-order chi connectivity index (χ1) is 12.3. The lowest BCUT2D eigenvalue weighted by Crippen LogP contribution is -2.16. The number of ether oxygens (including phenoxy) is 1. The van der Waals surface area contributed by atoms with E-state index in [2.05, 4.69) is 33.7 Å². The van der Waals surface area contributed by atoms with Crippen molar-refractivity contribution < 1.29 is 9.26 Å². The number of hydrogen-bond acceptors (Lipinski definition) is 5. The maximum atomic E-state index is 5.89.